The summed E-state index contributed by atoms with van der Waals surface area (Å²) in [5.74, 6) is -0.648. The monoisotopic (exact) mass is 454 g/mol. The van der Waals surface area contributed by atoms with Crippen molar-refractivity contribution < 1.29 is 41.7 Å². The Morgan fingerprint density at radius 3 is 2.03 bits per heavy atom. The minimum absolute atomic E-state index is 0.0138. The van der Waals surface area contributed by atoms with Crippen LogP contribution in [0.5, 0.6) is 0 Å². The van der Waals surface area contributed by atoms with Crippen LogP contribution in [0.3, 0.4) is 0 Å². The molecule has 2 N–H and O–H groups in total. The van der Waals surface area contributed by atoms with Crippen LogP contribution in [0.15, 0.2) is 0 Å². The number of hydrogen-bond donors (Lipinski definition) is 2. The van der Waals surface area contributed by atoms with E-state index in [-0.39, 0.29) is 55.9 Å². The van der Waals surface area contributed by atoms with E-state index in [0.717, 1.165) is 0 Å². The SMILES string of the molecule is CNS(=O)(=O)CCC(=O)CCCOCCOCC(=O)NCCOCCOCC(C)=O. The molecule has 0 fully saturated rings. The molecule has 30 heavy (non-hydrogen) atoms. The van der Waals surface area contributed by atoms with E-state index in [1.54, 1.807) is 0 Å². The quantitative estimate of drug-likeness (QED) is 0.209. The first kappa shape index (κ1) is 28.6. The van der Waals surface area contributed by atoms with Crippen molar-refractivity contribution in [1.29, 1.82) is 0 Å². The lowest BCUT2D eigenvalue weighted by molar-refractivity contribution is -0.127. The summed E-state index contributed by atoms with van der Waals surface area (Å²) in [5.41, 5.74) is 0. The van der Waals surface area contributed by atoms with Gasteiger partial charge >= 0.3 is 0 Å². The minimum Gasteiger partial charge on any atom is -0.379 e. The molecule has 0 unspecified atom stereocenters. The second-order valence-electron chi connectivity index (χ2n) is 6.30. The molecule has 0 rings (SSSR count). The fourth-order valence-electron chi connectivity index (χ4n) is 1.98. The number of Topliss-reactive ketones (excluding diaryl/α,β-unsaturated/α-hetero) is 2. The van der Waals surface area contributed by atoms with Gasteiger partial charge in [-0.2, -0.15) is 0 Å². The molecule has 0 aliphatic rings. The van der Waals surface area contributed by atoms with E-state index < -0.39 is 10.0 Å². The Labute approximate surface area is 178 Å². The topological polar surface area (TPSA) is 146 Å². The molecule has 11 nitrogen and oxygen atoms in total. The molecule has 0 aliphatic carbocycles. The lowest BCUT2D eigenvalue weighted by Gasteiger charge is -2.08. The van der Waals surface area contributed by atoms with Gasteiger partial charge in [0.05, 0.1) is 38.8 Å². The molecule has 0 aliphatic heterocycles. The highest BCUT2D eigenvalue weighted by molar-refractivity contribution is 7.89. The van der Waals surface area contributed by atoms with Crippen LogP contribution < -0.4 is 10.0 Å². The van der Waals surface area contributed by atoms with Gasteiger partial charge in [0, 0.05) is 26.0 Å². The van der Waals surface area contributed by atoms with E-state index in [0.29, 0.717) is 46.0 Å². The van der Waals surface area contributed by atoms with E-state index in [1.807, 2.05) is 0 Å². The number of carbonyl (C=O) groups excluding carboxylic acids is 3. The van der Waals surface area contributed by atoms with Crippen molar-refractivity contribution in [1.82, 2.24) is 10.0 Å². The van der Waals surface area contributed by atoms with Gasteiger partial charge in [0.1, 0.15) is 19.0 Å². The van der Waals surface area contributed by atoms with E-state index in [4.69, 9.17) is 18.9 Å². The fraction of sp³-hybridized carbons (Fsp3) is 0.833. The van der Waals surface area contributed by atoms with Crippen LogP contribution in [0, 0.1) is 0 Å². The molecular formula is C18H34N2O9S. The van der Waals surface area contributed by atoms with Crippen molar-refractivity contribution in [3.63, 3.8) is 0 Å². The van der Waals surface area contributed by atoms with Gasteiger partial charge in [0.25, 0.3) is 0 Å². The van der Waals surface area contributed by atoms with Gasteiger partial charge in [0.2, 0.25) is 15.9 Å². The highest BCUT2D eigenvalue weighted by Gasteiger charge is 2.10. The summed E-state index contributed by atoms with van der Waals surface area (Å²) in [6.45, 7) is 3.65. The third-order valence-corrected chi connectivity index (χ3v) is 4.92. The standard InChI is InChI=1S/C18H34N2O9S/c1-16(21)14-28-11-10-27-8-6-20-18(23)15-29-12-9-26-7-3-4-17(22)5-13-30(24,25)19-2/h19H,3-15H2,1-2H3,(H,20,23). The highest BCUT2D eigenvalue weighted by atomic mass is 32.2. The van der Waals surface area contributed by atoms with Crippen LogP contribution in [-0.2, 0) is 43.4 Å². The predicted octanol–water partition coefficient (Wildman–Crippen LogP) is -0.953. The van der Waals surface area contributed by atoms with Gasteiger partial charge < -0.3 is 24.3 Å². The van der Waals surface area contributed by atoms with Crippen molar-refractivity contribution in [2.45, 2.75) is 26.2 Å². The predicted molar refractivity (Wildman–Crippen MR) is 109 cm³/mol. The maximum Gasteiger partial charge on any atom is 0.246 e. The average molecular weight is 455 g/mol. The number of ketones is 2. The van der Waals surface area contributed by atoms with Gasteiger partial charge in [0.15, 0.2) is 5.78 Å². The van der Waals surface area contributed by atoms with Crippen LogP contribution in [0.25, 0.3) is 0 Å². The fourth-order valence-corrected chi connectivity index (χ4v) is 2.68. The molecule has 0 atom stereocenters. The maximum absolute atomic E-state index is 11.6. The lowest BCUT2D eigenvalue weighted by Crippen LogP contribution is -2.31. The summed E-state index contributed by atoms with van der Waals surface area (Å²) in [6.07, 6.45) is 0.742. The Balaban J connectivity index is 3.39. The summed E-state index contributed by atoms with van der Waals surface area (Å²) >= 11 is 0. The van der Waals surface area contributed by atoms with Gasteiger partial charge in [-0.15, -0.1) is 0 Å². The zero-order valence-electron chi connectivity index (χ0n) is 17.8. The largest absolute Gasteiger partial charge is 0.379 e. The van der Waals surface area contributed by atoms with Gasteiger partial charge in [-0.3, -0.25) is 14.4 Å². The Morgan fingerprint density at radius 1 is 0.800 bits per heavy atom. The van der Waals surface area contributed by atoms with Crippen molar-refractivity contribution in [2.24, 2.45) is 0 Å². The smallest absolute Gasteiger partial charge is 0.246 e. The molecule has 0 heterocycles. The van der Waals surface area contributed by atoms with Crippen LogP contribution in [0.1, 0.15) is 26.2 Å². The number of sulfonamides is 1. The molecular weight excluding hydrogens is 420 g/mol. The molecule has 12 heteroatoms. The van der Waals surface area contributed by atoms with Crippen LogP contribution in [0.4, 0.5) is 0 Å². The van der Waals surface area contributed by atoms with E-state index in [2.05, 4.69) is 10.0 Å². The second-order valence-corrected chi connectivity index (χ2v) is 8.34. The van der Waals surface area contributed by atoms with E-state index in [9.17, 15) is 22.8 Å². The van der Waals surface area contributed by atoms with Gasteiger partial charge in [-0.05, 0) is 20.4 Å². The Bertz CT molecular complexity index is 596. The van der Waals surface area contributed by atoms with Crippen molar-refractivity contribution in [3.05, 3.63) is 0 Å². The van der Waals surface area contributed by atoms with E-state index in [1.165, 1.54) is 14.0 Å². The third-order valence-electron chi connectivity index (χ3n) is 3.56. The second kappa shape index (κ2) is 18.3. The molecule has 0 aromatic rings. The number of hydrogen-bond acceptors (Lipinski definition) is 9. The zero-order chi connectivity index (χ0) is 22.7. The summed E-state index contributed by atoms with van der Waals surface area (Å²) in [7, 11) is -2.04. The lowest BCUT2D eigenvalue weighted by atomic mass is 10.2. The number of carbonyl (C=O) groups is 3. The Kier molecular flexibility index (Phi) is 17.5. The molecule has 0 spiro atoms. The molecule has 0 aromatic carbocycles. The number of amides is 1. The molecule has 0 saturated heterocycles. The molecule has 1 amide bonds. The Morgan fingerprint density at radius 2 is 1.40 bits per heavy atom. The highest BCUT2D eigenvalue weighted by Crippen LogP contribution is 1.98. The molecule has 0 radical (unpaired) electrons. The number of ether oxygens (including phenoxy) is 4. The first-order valence-corrected chi connectivity index (χ1v) is 11.4. The molecule has 176 valence electrons. The van der Waals surface area contributed by atoms with Crippen LogP contribution >= 0.6 is 0 Å². The van der Waals surface area contributed by atoms with Gasteiger partial charge in [-0.1, -0.05) is 0 Å². The van der Waals surface area contributed by atoms with Crippen molar-refractivity contribution in [3.8, 4) is 0 Å². The van der Waals surface area contributed by atoms with Gasteiger partial charge in [-0.25, -0.2) is 13.1 Å². The molecule has 0 bridgehead atoms. The van der Waals surface area contributed by atoms with Crippen LogP contribution in [-0.4, -0.2) is 98.1 Å². The summed E-state index contributed by atoms with van der Waals surface area (Å²) in [4.78, 5) is 33.8. The normalized spacial score (nSPS) is 11.4. The Hall–Kier alpha value is -1.44. The summed E-state index contributed by atoms with van der Waals surface area (Å²) in [6, 6.07) is 0. The zero-order valence-corrected chi connectivity index (χ0v) is 18.6. The number of nitrogens with one attached hydrogen (secondary N) is 2. The van der Waals surface area contributed by atoms with Crippen molar-refractivity contribution >= 4 is 27.5 Å². The first-order chi connectivity index (χ1) is 14.3. The van der Waals surface area contributed by atoms with E-state index >= 15 is 0 Å². The number of rotatable bonds is 21. The third kappa shape index (κ3) is 19.9. The molecule has 0 saturated carbocycles. The van der Waals surface area contributed by atoms with Crippen LogP contribution in [0.2, 0.25) is 0 Å². The summed E-state index contributed by atoms with van der Waals surface area (Å²) < 4.78 is 45.3. The first-order valence-electron chi connectivity index (χ1n) is 9.77. The van der Waals surface area contributed by atoms with Crippen molar-refractivity contribution in [2.75, 3.05) is 72.2 Å². The average Bonchev–Trinajstić information content (AvgIpc) is 2.70. The minimum atomic E-state index is -3.36. The maximum atomic E-state index is 11.6. The summed E-state index contributed by atoms with van der Waals surface area (Å²) in [5, 5.41) is 2.63. The molecule has 0 aromatic heterocycles.